The summed E-state index contributed by atoms with van der Waals surface area (Å²) in [6.45, 7) is 7.27. The Labute approximate surface area is 174 Å². The normalized spacial score (nSPS) is 11.0. The molecule has 0 aliphatic carbocycles. The molecule has 0 spiro atoms. The monoisotopic (exact) mass is 413 g/mol. The summed E-state index contributed by atoms with van der Waals surface area (Å²) in [5.74, 6) is -1.40. The molecule has 0 radical (unpaired) electrons. The van der Waals surface area contributed by atoms with Crippen molar-refractivity contribution in [3.8, 4) is 11.3 Å². The lowest BCUT2D eigenvalue weighted by Gasteiger charge is -2.27. The summed E-state index contributed by atoms with van der Waals surface area (Å²) in [5, 5.41) is 2.84. The van der Waals surface area contributed by atoms with Gasteiger partial charge in [0.25, 0.3) is 0 Å². The van der Waals surface area contributed by atoms with Crippen LogP contribution in [0.1, 0.15) is 33.1 Å². The predicted molar refractivity (Wildman–Crippen MR) is 113 cm³/mol. The fraction of sp³-hybridized carbons (Fsp3) is 0.304. The molecule has 0 saturated carbocycles. The Morgan fingerprint density at radius 1 is 1.13 bits per heavy atom. The lowest BCUT2D eigenvalue weighted by Crippen LogP contribution is -2.30. The number of aromatic nitrogens is 1. The summed E-state index contributed by atoms with van der Waals surface area (Å²) in [7, 11) is 0. The molecular formula is C23H25F2N3O2. The summed E-state index contributed by atoms with van der Waals surface area (Å²) in [6.07, 6.45) is 1.62. The van der Waals surface area contributed by atoms with Crippen LogP contribution in [-0.2, 0) is 11.2 Å². The minimum atomic E-state index is -0.724. The first-order chi connectivity index (χ1) is 14.4. The molecule has 1 heterocycles. The Morgan fingerprint density at radius 2 is 1.80 bits per heavy atom. The van der Waals surface area contributed by atoms with Gasteiger partial charge in [-0.3, -0.25) is 4.79 Å². The Morgan fingerprint density at radius 3 is 2.40 bits per heavy atom. The van der Waals surface area contributed by atoms with Gasteiger partial charge in [-0.1, -0.05) is 6.07 Å². The Kier molecular flexibility index (Phi) is 6.82. The van der Waals surface area contributed by atoms with Crippen LogP contribution in [0.5, 0.6) is 0 Å². The molecule has 0 unspecified atom stereocenters. The topological polar surface area (TPSA) is 58.4 Å². The van der Waals surface area contributed by atoms with Gasteiger partial charge in [-0.25, -0.2) is 13.8 Å². The third-order valence-electron chi connectivity index (χ3n) is 4.78. The van der Waals surface area contributed by atoms with Gasteiger partial charge >= 0.3 is 0 Å². The van der Waals surface area contributed by atoms with E-state index in [2.05, 4.69) is 36.0 Å². The van der Waals surface area contributed by atoms with Crippen LogP contribution in [0.3, 0.4) is 0 Å². The molecule has 3 aromatic rings. The molecule has 0 bridgehead atoms. The number of carbonyl (C=O) groups excluding carboxylic acids is 1. The highest BCUT2D eigenvalue weighted by atomic mass is 19.1. The zero-order valence-corrected chi connectivity index (χ0v) is 17.3. The number of hydrogen-bond acceptors (Lipinski definition) is 4. The molecule has 0 atom stereocenters. The zero-order chi connectivity index (χ0) is 21.7. The molecule has 1 N–H and O–H groups in total. The Balaban J connectivity index is 1.57. The van der Waals surface area contributed by atoms with Gasteiger partial charge in [0.2, 0.25) is 5.91 Å². The number of rotatable bonds is 8. The van der Waals surface area contributed by atoms with E-state index in [4.69, 9.17) is 4.42 Å². The zero-order valence-electron chi connectivity index (χ0n) is 17.3. The van der Waals surface area contributed by atoms with Gasteiger partial charge in [0.1, 0.15) is 11.6 Å². The van der Waals surface area contributed by atoms with Crippen molar-refractivity contribution in [1.29, 1.82) is 0 Å². The highest BCUT2D eigenvalue weighted by Crippen LogP contribution is 2.27. The molecule has 1 aromatic heterocycles. The van der Waals surface area contributed by atoms with E-state index in [1.807, 2.05) is 24.3 Å². The van der Waals surface area contributed by atoms with Crippen molar-refractivity contribution < 1.29 is 18.0 Å². The van der Waals surface area contributed by atoms with E-state index < -0.39 is 11.6 Å². The fourth-order valence-corrected chi connectivity index (χ4v) is 3.30. The summed E-state index contributed by atoms with van der Waals surface area (Å²) in [5.41, 5.74) is 1.53. The van der Waals surface area contributed by atoms with Crippen LogP contribution in [0.25, 0.3) is 11.3 Å². The lowest BCUT2D eigenvalue weighted by atomic mass is 10.1. The van der Waals surface area contributed by atoms with Gasteiger partial charge < -0.3 is 14.6 Å². The summed E-state index contributed by atoms with van der Waals surface area (Å²) < 4.78 is 33.1. The third kappa shape index (κ3) is 5.03. The van der Waals surface area contributed by atoms with Crippen molar-refractivity contribution in [2.24, 2.45) is 0 Å². The van der Waals surface area contributed by atoms with Crippen LogP contribution in [-0.4, -0.2) is 23.5 Å². The van der Waals surface area contributed by atoms with Crippen LogP contribution in [0.4, 0.5) is 20.2 Å². The summed E-state index contributed by atoms with van der Waals surface area (Å²) in [6, 6.07) is 11.7. The van der Waals surface area contributed by atoms with Crippen molar-refractivity contribution in [3.05, 3.63) is 66.2 Å². The standard InChI is InChI=1S/C23H25F2N3O2/c1-4-28(15(2)3)17-10-8-16(9-11-17)27-21(29)12-13-22-26-14-20(30-22)23-18(24)6-5-7-19(23)25/h5-11,14-15H,4,12-13H2,1-3H3,(H,27,29). The number of hydrogen-bond donors (Lipinski definition) is 1. The number of nitrogens with zero attached hydrogens (tertiary/aromatic N) is 2. The lowest BCUT2D eigenvalue weighted by molar-refractivity contribution is -0.116. The number of amides is 1. The van der Waals surface area contributed by atoms with E-state index in [1.54, 1.807) is 0 Å². The van der Waals surface area contributed by atoms with Gasteiger partial charge in [0.05, 0.1) is 11.8 Å². The van der Waals surface area contributed by atoms with Crippen LogP contribution in [0.2, 0.25) is 0 Å². The maximum absolute atomic E-state index is 13.9. The van der Waals surface area contributed by atoms with Crippen molar-refractivity contribution in [3.63, 3.8) is 0 Å². The second kappa shape index (κ2) is 9.52. The average molecular weight is 413 g/mol. The molecule has 3 rings (SSSR count). The molecule has 30 heavy (non-hydrogen) atoms. The number of benzene rings is 2. The Hall–Kier alpha value is -3.22. The maximum atomic E-state index is 13.9. The van der Waals surface area contributed by atoms with E-state index in [0.29, 0.717) is 11.7 Å². The van der Waals surface area contributed by atoms with Crippen molar-refractivity contribution in [2.45, 2.75) is 39.7 Å². The maximum Gasteiger partial charge on any atom is 0.224 e. The first-order valence-corrected chi connectivity index (χ1v) is 9.94. The summed E-state index contributed by atoms with van der Waals surface area (Å²) in [4.78, 5) is 18.5. The van der Waals surface area contributed by atoms with Crippen molar-refractivity contribution in [2.75, 3.05) is 16.8 Å². The molecule has 0 aliphatic rings. The molecule has 2 aromatic carbocycles. The van der Waals surface area contributed by atoms with Crippen LogP contribution < -0.4 is 10.2 Å². The number of oxazole rings is 1. The molecule has 0 aliphatic heterocycles. The van der Waals surface area contributed by atoms with Crippen LogP contribution >= 0.6 is 0 Å². The molecule has 1 amide bonds. The minimum Gasteiger partial charge on any atom is -0.441 e. The van der Waals surface area contributed by atoms with E-state index in [9.17, 15) is 13.6 Å². The van der Waals surface area contributed by atoms with Gasteiger partial charge in [-0.05, 0) is 57.2 Å². The highest BCUT2D eigenvalue weighted by molar-refractivity contribution is 5.91. The van der Waals surface area contributed by atoms with Gasteiger partial charge in [0, 0.05) is 36.8 Å². The fourth-order valence-electron chi connectivity index (χ4n) is 3.30. The van der Waals surface area contributed by atoms with E-state index in [-0.39, 0.29) is 36.0 Å². The quantitative estimate of drug-likeness (QED) is 0.535. The smallest absolute Gasteiger partial charge is 0.224 e. The number of nitrogens with one attached hydrogen (secondary N) is 1. The molecule has 0 saturated heterocycles. The number of anilines is 2. The highest BCUT2D eigenvalue weighted by Gasteiger charge is 2.16. The Bertz CT molecular complexity index is 980. The number of halogens is 2. The van der Waals surface area contributed by atoms with E-state index >= 15 is 0 Å². The van der Waals surface area contributed by atoms with E-state index in [1.165, 1.54) is 12.3 Å². The first-order valence-electron chi connectivity index (χ1n) is 9.94. The van der Waals surface area contributed by atoms with Gasteiger partial charge in [-0.15, -0.1) is 0 Å². The second-order valence-corrected chi connectivity index (χ2v) is 7.19. The molecule has 7 heteroatoms. The van der Waals surface area contributed by atoms with Gasteiger partial charge in [-0.2, -0.15) is 0 Å². The van der Waals surface area contributed by atoms with Crippen molar-refractivity contribution in [1.82, 2.24) is 4.98 Å². The molecule has 158 valence electrons. The van der Waals surface area contributed by atoms with Crippen LogP contribution in [0, 0.1) is 11.6 Å². The SMILES string of the molecule is CCN(c1ccc(NC(=O)CCc2ncc(-c3c(F)cccc3F)o2)cc1)C(C)C. The average Bonchev–Trinajstić information content (AvgIpc) is 3.16. The molecule has 5 nitrogen and oxygen atoms in total. The molecule has 0 fully saturated rings. The first kappa shape index (κ1) is 21.5. The van der Waals surface area contributed by atoms with Gasteiger partial charge in [0.15, 0.2) is 11.7 Å². The third-order valence-corrected chi connectivity index (χ3v) is 4.78. The van der Waals surface area contributed by atoms with Crippen LogP contribution in [0.15, 0.2) is 53.1 Å². The minimum absolute atomic E-state index is 0.00206. The molecular weight excluding hydrogens is 388 g/mol. The predicted octanol–water partition coefficient (Wildman–Crippen LogP) is 5.43. The van der Waals surface area contributed by atoms with E-state index in [0.717, 1.165) is 24.4 Å². The summed E-state index contributed by atoms with van der Waals surface area (Å²) >= 11 is 0. The number of aryl methyl sites for hydroxylation is 1. The second-order valence-electron chi connectivity index (χ2n) is 7.19. The largest absolute Gasteiger partial charge is 0.441 e. The number of carbonyl (C=O) groups is 1. The van der Waals surface area contributed by atoms with Crippen molar-refractivity contribution >= 4 is 17.3 Å².